The maximum atomic E-state index is 12.3. The molecule has 1 aromatic carbocycles. The van der Waals surface area contributed by atoms with Crippen molar-refractivity contribution < 1.29 is 19.5 Å². The highest BCUT2D eigenvalue weighted by atomic mass is 79.9. The summed E-state index contributed by atoms with van der Waals surface area (Å²) in [4.78, 5) is 34.4. The number of rotatable bonds is 8. The minimum atomic E-state index is -0.900. The molecule has 1 rings (SSSR count). The lowest BCUT2D eigenvalue weighted by molar-refractivity contribution is -0.138. The Morgan fingerprint density at radius 3 is 2.29 bits per heavy atom. The van der Waals surface area contributed by atoms with Crippen molar-refractivity contribution >= 4 is 33.7 Å². The molecule has 1 atom stereocenters. The number of carboxylic acids is 1. The van der Waals surface area contributed by atoms with Crippen LogP contribution >= 0.6 is 15.9 Å². The molecular formula is C17H23BrN2O4. The monoisotopic (exact) mass is 398 g/mol. The molecule has 0 fully saturated rings. The van der Waals surface area contributed by atoms with E-state index in [2.05, 4.69) is 26.6 Å². The van der Waals surface area contributed by atoms with Crippen LogP contribution in [-0.4, -0.2) is 28.4 Å². The Morgan fingerprint density at radius 1 is 1.21 bits per heavy atom. The standard InChI is InChI=1S/C17H23BrN2O4/c1-11(21)19-14(12-4-6-13(18)7-5-12)10-15(22)20-17(2,3)9-8-16(23)24/h4-7,14H,8-10H2,1-3H3,(H,19,21)(H,20,22)(H,23,24). The highest BCUT2D eigenvalue weighted by Gasteiger charge is 2.24. The van der Waals surface area contributed by atoms with Gasteiger partial charge in [0.05, 0.1) is 12.5 Å². The van der Waals surface area contributed by atoms with Crippen molar-refractivity contribution in [3.63, 3.8) is 0 Å². The van der Waals surface area contributed by atoms with Gasteiger partial charge in [-0.3, -0.25) is 14.4 Å². The molecule has 0 bridgehead atoms. The van der Waals surface area contributed by atoms with Gasteiger partial charge in [0, 0.05) is 23.4 Å². The second kappa shape index (κ2) is 8.82. The highest BCUT2D eigenvalue weighted by molar-refractivity contribution is 9.10. The van der Waals surface area contributed by atoms with Gasteiger partial charge in [0.25, 0.3) is 0 Å². The maximum Gasteiger partial charge on any atom is 0.303 e. The number of amides is 2. The Labute approximate surface area is 150 Å². The molecule has 0 aromatic heterocycles. The van der Waals surface area contributed by atoms with Crippen LogP contribution in [0.3, 0.4) is 0 Å². The van der Waals surface area contributed by atoms with Crippen molar-refractivity contribution in [2.75, 3.05) is 0 Å². The fraction of sp³-hybridized carbons (Fsp3) is 0.471. The summed E-state index contributed by atoms with van der Waals surface area (Å²) in [5.41, 5.74) is 0.197. The Morgan fingerprint density at radius 2 is 1.79 bits per heavy atom. The van der Waals surface area contributed by atoms with Crippen LogP contribution in [0, 0.1) is 0 Å². The Balaban J connectivity index is 2.75. The molecule has 0 heterocycles. The highest BCUT2D eigenvalue weighted by Crippen LogP contribution is 2.21. The average molecular weight is 399 g/mol. The van der Waals surface area contributed by atoms with Crippen molar-refractivity contribution in [1.29, 1.82) is 0 Å². The number of nitrogens with one attached hydrogen (secondary N) is 2. The molecule has 24 heavy (non-hydrogen) atoms. The van der Waals surface area contributed by atoms with Crippen LogP contribution in [0.4, 0.5) is 0 Å². The Kier molecular flexibility index (Phi) is 7.41. The largest absolute Gasteiger partial charge is 0.481 e. The van der Waals surface area contributed by atoms with Crippen molar-refractivity contribution in [3.8, 4) is 0 Å². The van der Waals surface area contributed by atoms with Gasteiger partial charge in [0.1, 0.15) is 0 Å². The molecule has 0 radical (unpaired) electrons. The van der Waals surface area contributed by atoms with Gasteiger partial charge >= 0.3 is 5.97 Å². The molecule has 0 aliphatic heterocycles. The van der Waals surface area contributed by atoms with E-state index in [4.69, 9.17) is 5.11 Å². The third-order valence-corrected chi connectivity index (χ3v) is 4.01. The predicted molar refractivity (Wildman–Crippen MR) is 94.4 cm³/mol. The predicted octanol–water partition coefficient (Wildman–Crippen LogP) is 2.78. The van der Waals surface area contributed by atoms with Crippen molar-refractivity contribution in [2.24, 2.45) is 0 Å². The summed E-state index contributed by atoms with van der Waals surface area (Å²) >= 11 is 3.35. The molecular weight excluding hydrogens is 376 g/mol. The van der Waals surface area contributed by atoms with Crippen LogP contribution in [0.5, 0.6) is 0 Å². The zero-order valence-corrected chi connectivity index (χ0v) is 15.6. The number of carboxylic acid groups (broad SMARTS) is 1. The van der Waals surface area contributed by atoms with Crippen LogP contribution in [0.1, 0.15) is 51.6 Å². The van der Waals surface area contributed by atoms with Gasteiger partial charge in [-0.25, -0.2) is 0 Å². The van der Waals surface area contributed by atoms with Gasteiger partial charge in [-0.2, -0.15) is 0 Å². The van der Waals surface area contributed by atoms with Gasteiger partial charge < -0.3 is 15.7 Å². The average Bonchev–Trinajstić information content (AvgIpc) is 2.44. The zero-order chi connectivity index (χ0) is 18.3. The molecule has 132 valence electrons. The first-order valence-electron chi connectivity index (χ1n) is 7.64. The van der Waals surface area contributed by atoms with Crippen molar-refractivity contribution in [1.82, 2.24) is 10.6 Å². The van der Waals surface area contributed by atoms with Gasteiger partial charge in [-0.1, -0.05) is 28.1 Å². The van der Waals surface area contributed by atoms with E-state index >= 15 is 0 Å². The summed E-state index contributed by atoms with van der Waals surface area (Å²) in [5.74, 6) is -1.36. The van der Waals surface area contributed by atoms with Crippen LogP contribution in [0.2, 0.25) is 0 Å². The Hall–Kier alpha value is -1.89. The van der Waals surface area contributed by atoms with Gasteiger partial charge in [-0.05, 0) is 38.0 Å². The first-order chi connectivity index (χ1) is 11.1. The molecule has 7 heteroatoms. The summed E-state index contributed by atoms with van der Waals surface area (Å²) in [5, 5.41) is 14.4. The van der Waals surface area contributed by atoms with Gasteiger partial charge in [0.15, 0.2) is 0 Å². The van der Waals surface area contributed by atoms with Gasteiger partial charge in [-0.15, -0.1) is 0 Å². The lowest BCUT2D eigenvalue weighted by Crippen LogP contribution is -2.45. The smallest absolute Gasteiger partial charge is 0.303 e. The minimum Gasteiger partial charge on any atom is -0.481 e. The summed E-state index contributed by atoms with van der Waals surface area (Å²) in [6.07, 6.45) is 0.393. The van der Waals surface area contributed by atoms with Crippen LogP contribution < -0.4 is 10.6 Å². The molecule has 1 aromatic rings. The maximum absolute atomic E-state index is 12.3. The second-order valence-electron chi connectivity index (χ2n) is 6.33. The third kappa shape index (κ3) is 7.59. The lowest BCUT2D eigenvalue weighted by Gasteiger charge is -2.27. The molecule has 0 spiro atoms. The first kappa shape index (κ1) is 20.2. The van der Waals surface area contributed by atoms with E-state index in [1.807, 2.05) is 24.3 Å². The fourth-order valence-corrected chi connectivity index (χ4v) is 2.55. The number of benzene rings is 1. The van der Waals surface area contributed by atoms with E-state index in [0.717, 1.165) is 10.0 Å². The minimum absolute atomic E-state index is 0.0187. The molecule has 0 aliphatic rings. The van der Waals surface area contributed by atoms with E-state index in [9.17, 15) is 14.4 Å². The normalized spacial score (nSPS) is 12.3. The lowest BCUT2D eigenvalue weighted by atomic mass is 9.97. The van der Waals surface area contributed by atoms with E-state index < -0.39 is 17.6 Å². The van der Waals surface area contributed by atoms with Crippen molar-refractivity contribution in [3.05, 3.63) is 34.3 Å². The Bertz CT molecular complexity index is 599. The molecule has 6 nitrogen and oxygen atoms in total. The van der Waals surface area contributed by atoms with E-state index in [-0.39, 0.29) is 24.7 Å². The molecule has 2 amide bonds. The SMILES string of the molecule is CC(=O)NC(CC(=O)NC(C)(C)CCC(=O)O)c1ccc(Br)cc1. The van der Waals surface area contributed by atoms with Crippen LogP contribution in [0.25, 0.3) is 0 Å². The zero-order valence-electron chi connectivity index (χ0n) is 14.1. The topological polar surface area (TPSA) is 95.5 Å². The number of hydrogen-bond donors (Lipinski definition) is 3. The van der Waals surface area contributed by atoms with E-state index in [0.29, 0.717) is 6.42 Å². The van der Waals surface area contributed by atoms with Crippen LogP contribution in [-0.2, 0) is 14.4 Å². The number of carbonyl (C=O) groups is 3. The summed E-state index contributed by atoms with van der Waals surface area (Å²) in [6.45, 7) is 4.96. The first-order valence-corrected chi connectivity index (χ1v) is 8.44. The third-order valence-electron chi connectivity index (χ3n) is 3.48. The van der Waals surface area contributed by atoms with Crippen LogP contribution in [0.15, 0.2) is 28.7 Å². The molecule has 0 aliphatic carbocycles. The van der Waals surface area contributed by atoms with Gasteiger partial charge in [0.2, 0.25) is 11.8 Å². The number of hydrogen-bond acceptors (Lipinski definition) is 3. The van der Waals surface area contributed by atoms with Crippen molar-refractivity contribution in [2.45, 2.75) is 51.6 Å². The number of aliphatic carboxylic acids is 1. The second-order valence-corrected chi connectivity index (χ2v) is 7.25. The summed E-state index contributed by atoms with van der Waals surface area (Å²) in [7, 11) is 0. The number of carbonyl (C=O) groups excluding carboxylic acids is 2. The van der Waals surface area contributed by atoms with E-state index in [1.54, 1.807) is 13.8 Å². The fourth-order valence-electron chi connectivity index (χ4n) is 2.29. The molecule has 1 unspecified atom stereocenters. The number of halogens is 1. The molecule has 0 saturated heterocycles. The molecule has 3 N–H and O–H groups in total. The summed E-state index contributed by atoms with van der Waals surface area (Å²) in [6, 6.07) is 6.93. The molecule has 0 saturated carbocycles. The van der Waals surface area contributed by atoms with E-state index in [1.165, 1.54) is 6.92 Å². The summed E-state index contributed by atoms with van der Waals surface area (Å²) < 4.78 is 0.909. The quantitative estimate of drug-likeness (QED) is 0.627.